The Morgan fingerprint density at radius 3 is 2.38 bits per heavy atom. The molecule has 0 spiro atoms. The van der Waals surface area contributed by atoms with Gasteiger partial charge in [0.05, 0.1) is 0 Å². The third-order valence-corrected chi connectivity index (χ3v) is 1.95. The van der Waals surface area contributed by atoms with E-state index in [0.717, 1.165) is 6.07 Å². The van der Waals surface area contributed by atoms with Gasteiger partial charge in [0.15, 0.2) is 0 Å². The summed E-state index contributed by atoms with van der Waals surface area (Å²) in [6, 6.07) is 6.84. The topological polar surface area (TPSA) is 65.2 Å². The van der Waals surface area contributed by atoms with Gasteiger partial charge in [-0.05, 0) is 12.1 Å². The van der Waals surface area contributed by atoms with Crippen LogP contribution in [-0.4, -0.2) is 0 Å². The number of hydrogen-bond donors (Lipinski definition) is 1. The van der Waals surface area contributed by atoms with Crippen LogP contribution < -0.4 is 11.8 Å². The van der Waals surface area contributed by atoms with E-state index in [0.29, 0.717) is 0 Å². The first-order valence-electron chi connectivity index (χ1n) is 4.08. The van der Waals surface area contributed by atoms with Crippen LogP contribution in [0.5, 0.6) is 0 Å². The lowest BCUT2D eigenvalue weighted by Gasteiger charge is -2.05. The number of benzene rings is 1. The molecule has 2 aromatic rings. The van der Waals surface area contributed by atoms with Crippen molar-refractivity contribution < 1.29 is 17.6 Å². The van der Waals surface area contributed by atoms with Crippen molar-refractivity contribution in [2.45, 2.75) is 6.18 Å². The van der Waals surface area contributed by atoms with Crippen molar-refractivity contribution in [2.75, 3.05) is 0 Å². The molecule has 3 nitrogen and oxygen atoms in total. The highest BCUT2D eigenvalue weighted by molar-refractivity contribution is 5.76. The predicted octanol–water partition coefficient (Wildman–Crippen LogP) is 2.97. The van der Waals surface area contributed by atoms with Gasteiger partial charge in [0.25, 0.3) is 0 Å². The molecule has 0 aliphatic heterocycles. The fraction of sp³-hybridized carbons (Fsp3) is 0.100. The highest BCUT2D eigenvalue weighted by Gasteiger charge is 2.35. The van der Waals surface area contributed by atoms with E-state index in [2.05, 4.69) is 4.42 Å². The van der Waals surface area contributed by atoms with Gasteiger partial charge in [0.2, 0.25) is 0 Å². The Morgan fingerprint density at radius 2 is 1.75 bits per heavy atom. The fourth-order valence-corrected chi connectivity index (χ4v) is 1.26. The van der Waals surface area contributed by atoms with E-state index >= 15 is 0 Å². The van der Waals surface area contributed by atoms with Gasteiger partial charge in [-0.2, -0.15) is 13.2 Å². The third kappa shape index (κ3) is 2.06. The summed E-state index contributed by atoms with van der Waals surface area (Å²) in [5.41, 5.74) is -2.49. The van der Waals surface area contributed by atoms with E-state index in [9.17, 15) is 18.0 Å². The standard InChI is InChI=1S/C10H5F3O2.H3N/c11-10(12,13)7-5-6-3-1-2-4-8(6)15-9(7)14;/h1-5H;1H3. The molecule has 0 aliphatic rings. The second kappa shape index (κ2) is 3.97. The Kier molecular flexibility index (Phi) is 3.04. The van der Waals surface area contributed by atoms with Gasteiger partial charge in [0.1, 0.15) is 11.1 Å². The van der Waals surface area contributed by atoms with Crippen LogP contribution in [-0.2, 0) is 6.18 Å². The largest absolute Gasteiger partial charge is 0.423 e. The van der Waals surface area contributed by atoms with E-state index in [1.54, 1.807) is 12.1 Å². The van der Waals surface area contributed by atoms with Gasteiger partial charge >= 0.3 is 11.8 Å². The van der Waals surface area contributed by atoms with Gasteiger partial charge in [-0.25, -0.2) is 4.79 Å². The lowest BCUT2D eigenvalue weighted by atomic mass is 10.2. The maximum Gasteiger partial charge on any atom is 0.423 e. The van der Waals surface area contributed by atoms with Gasteiger partial charge in [0, 0.05) is 5.39 Å². The molecule has 3 N–H and O–H groups in total. The first-order valence-corrected chi connectivity index (χ1v) is 4.08. The monoisotopic (exact) mass is 231 g/mol. The summed E-state index contributed by atoms with van der Waals surface area (Å²) in [4.78, 5) is 11.0. The van der Waals surface area contributed by atoms with Crippen LogP contribution in [0.1, 0.15) is 5.56 Å². The zero-order valence-electron chi connectivity index (χ0n) is 8.04. The highest BCUT2D eigenvalue weighted by atomic mass is 19.4. The lowest BCUT2D eigenvalue weighted by molar-refractivity contribution is -0.139. The quantitative estimate of drug-likeness (QED) is 0.709. The molecule has 0 saturated heterocycles. The molecule has 1 aromatic heterocycles. The summed E-state index contributed by atoms with van der Waals surface area (Å²) in [6.07, 6.45) is -4.68. The van der Waals surface area contributed by atoms with Crippen LogP contribution in [0.4, 0.5) is 13.2 Å². The van der Waals surface area contributed by atoms with E-state index in [1.807, 2.05) is 0 Å². The first kappa shape index (κ1) is 12.3. The number of halogens is 3. The van der Waals surface area contributed by atoms with Crippen LogP contribution in [0.15, 0.2) is 39.5 Å². The maximum absolute atomic E-state index is 12.3. The minimum absolute atomic E-state index is 0. The summed E-state index contributed by atoms with van der Waals surface area (Å²) in [7, 11) is 0. The molecule has 0 atom stereocenters. The molecular weight excluding hydrogens is 223 g/mol. The van der Waals surface area contributed by atoms with Crippen molar-refractivity contribution in [1.29, 1.82) is 0 Å². The maximum atomic E-state index is 12.3. The van der Waals surface area contributed by atoms with Gasteiger partial charge in [-0.1, -0.05) is 18.2 Å². The SMILES string of the molecule is N.O=c1oc2ccccc2cc1C(F)(F)F. The summed E-state index contributed by atoms with van der Waals surface area (Å²) >= 11 is 0. The summed E-state index contributed by atoms with van der Waals surface area (Å²) in [5.74, 6) is 0. The minimum atomic E-state index is -4.68. The number of fused-ring (bicyclic) bond motifs is 1. The molecule has 0 fully saturated rings. The minimum Gasteiger partial charge on any atom is -0.422 e. The van der Waals surface area contributed by atoms with Crippen LogP contribution in [0.3, 0.4) is 0 Å². The molecule has 6 heteroatoms. The van der Waals surface area contributed by atoms with Crippen LogP contribution >= 0.6 is 0 Å². The molecule has 86 valence electrons. The first-order chi connectivity index (χ1) is 6.98. The van der Waals surface area contributed by atoms with Gasteiger partial charge < -0.3 is 10.6 Å². The second-order valence-corrected chi connectivity index (χ2v) is 2.98. The summed E-state index contributed by atoms with van der Waals surface area (Å²) < 4.78 is 41.5. The molecule has 1 heterocycles. The smallest absolute Gasteiger partial charge is 0.422 e. The Labute approximate surface area is 88.1 Å². The Bertz CT molecular complexity index is 560. The van der Waals surface area contributed by atoms with Crippen LogP contribution in [0.25, 0.3) is 11.0 Å². The van der Waals surface area contributed by atoms with E-state index in [1.165, 1.54) is 12.1 Å². The van der Waals surface area contributed by atoms with Crippen molar-refractivity contribution in [2.24, 2.45) is 0 Å². The van der Waals surface area contributed by atoms with Crippen molar-refractivity contribution in [3.8, 4) is 0 Å². The molecule has 0 unspecified atom stereocenters. The molecule has 0 saturated carbocycles. The van der Waals surface area contributed by atoms with E-state index < -0.39 is 17.4 Å². The highest BCUT2D eigenvalue weighted by Crippen LogP contribution is 2.28. The fourth-order valence-electron chi connectivity index (χ4n) is 1.26. The molecule has 16 heavy (non-hydrogen) atoms. The number of rotatable bonds is 0. The van der Waals surface area contributed by atoms with Gasteiger partial charge in [-0.15, -0.1) is 0 Å². The van der Waals surface area contributed by atoms with Crippen molar-refractivity contribution in [1.82, 2.24) is 6.15 Å². The number of alkyl halides is 3. The zero-order valence-corrected chi connectivity index (χ0v) is 8.04. The molecule has 0 bridgehead atoms. The molecular formula is C10H8F3NO2. The van der Waals surface area contributed by atoms with Crippen LogP contribution in [0.2, 0.25) is 0 Å². The van der Waals surface area contributed by atoms with E-state index in [-0.39, 0.29) is 17.1 Å². The molecule has 0 aliphatic carbocycles. The van der Waals surface area contributed by atoms with Gasteiger partial charge in [-0.3, -0.25) is 0 Å². The number of para-hydroxylation sites is 1. The van der Waals surface area contributed by atoms with Crippen molar-refractivity contribution in [3.63, 3.8) is 0 Å². The van der Waals surface area contributed by atoms with Crippen molar-refractivity contribution >= 4 is 11.0 Å². The Balaban J connectivity index is 0.00000128. The van der Waals surface area contributed by atoms with Crippen LogP contribution in [0, 0.1) is 0 Å². The molecule has 0 radical (unpaired) electrons. The molecule has 0 amide bonds. The summed E-state index contributed by atoms with van der Waals surface area (Å²) in [5, 5.41) is 0.254. The Morgan fingerprint density at radius 1 is 1.12 bits per heavy atom. The Hall–Kier alpha value is -1.82. The average molecular weight is 231 g/mol. The number of hydrogen-bond acceptors (Lipinski definition) is 3. The normalized spacial score (nSPS) is 11.2. The second-order valence-electron chi connectivity index (χ2n) is 2.98. The lowest BCUT2D eigenvalue weighted by Crippen LogP contribution is -2.17. The third-order valence-electron chi connectivity index (χ3n) is 1.95. The molecule has 1 aromatic carbocycles. The predicted molar refractivity (Wildman–Crippen MR) is 52.5 cm³/mol. The average Bonchev–Trinajstić information content (AvgIpc) is 2.15. The zero-order chi connectivity index (χ0) is 11.1. The van der Waals surface area contributed by atoms with E-state index in [4.69, 9.17) is 0 Å². The summed E-state index contributed by atoms with van der Waals surface area (Å²) in [6.45, 7) is 0. The molecule has 2 rings (SSSR count). The van der Waals surface area contributed by atoms with Crippen molar-refractivity contribution in [3.05, 3.63) is 46.3 Å².